The molecule has 0 saturated carbocycles. The van der Waals surface area contributed by atoms with Crippen LogP contribution in [0.1, 0.15) is 5.56 Å². The zero-order chi connectivity index (χ0) is 13.4. The molecule has 96 valence electrons. The third-order valence-corrected chi connectivity index (χ3v) is 4.53. The summed E-state index contributed by atoms with van der Waals surface area (Å²) in [6, 6.07) is 10.3. The van der Waals surface area contributed by atoms with Gasteiger partial charge in [-0.05, 0) is 30.5 Å². The molecule has 3 N–H and O–H groups in total. The van der Waals surface area contributed by atoms with Gasteiger partial charge in [-0.1, -0.05) is 33.6 Å². The SMILES string of the molecule is Cc1ccc(Br)c(-c2[nH]nc(N)c2-c2cccs2)c1. The van der Waals surface area contributed by atoms with Crippen molar-refractivity contribution in [2.45, 2.75) is 6.92 Å². The number of aryl methyl sites for hydroxylation is 1. The molecule has 0 saturated heterocycles. The predicted molar refractivity (Wildman–Crippen MR) is 84.2 cm³/mol. The van der Waals surface area contributed by atoms with Crippen molar-refractivity contribution in [1.29, 1.82) is 0 Å². The molecule has 3 rings (SSSR count). The number of benzene rings is 1. The maximum absolute atomic E-state index is 6.01. The molecule has 0 bridgehead atoms. The van der Waals surface area contributed by atoms with Crippen LogP contribution in [0.3, 0.4) is 0 Å². The Balaban J connectivity index is 2.24. The van der Waals surface area contributed by atoms with Crippen LogP contribution >= 0.6 is 27.3 Å². The first-order chi connectivity index (χ1) is 9.16. The number of nitrogen functional groups attached to an aromatic ring is 1. The summed E-state index contributed by atoms with van der Waals surface area (Å²) in [6.07, 6.45) is 0. The Morgan fingerprint density at radius 2 is 2.16 bits per heavy atom. The molecule has 3 nitrogen and oxygen atoms in total. The van der Waals surface area contributed by atoms with Gasteiger partial charge in [0.25, 0.3) is 0 Å². The molecule has 3 aromatic rings. The molecule has 0 fully saturated rings. The molecular formula is C14H12BrN3S. The Bertz CT molecular complexity index is 716. The van der Waals surface area contributed by atoms with Gasteiger partial charge < -0.3 is 5.73 Å². The van der Waals surface area contributed by atoms with E-state index in [-0.39, 0.29) is 0 Å². The second-order valence-electron chi connectivity index (χ2n) is 4.32. The van der Waals surface area contributed by atoms with E-state index in [9.17, 15) is 0 Å². The highest BCUT2D eigenvalue weighted by Gasteiger charge is 2.17. The number of H-pyrrole nitrogens is 1. The first-order valence-corrected chi connectivity index (χ1v) is 7.48. The van der Waals surface area contributed by atoms with E-state index in [1.807, 2.05) is 17.5 Å². The minimum atomic E-state index is 0.533. The van der Waals surface area contributed by atoms with Crippen molar-refractivity contribution >= 4 is 33.1 Å². The minimum absolute atomic E-state index is 0.533. The summed E-state index contributed by atoms with van der Waals surface area (Å²) in [4.78, 5) is 1.12. The first kappa shape index (κ1) is 12.4. The van der Waals surface area contributed by atoms with Gasteiger partial charge in [0, 0.05) is 14.9 Å². The van der Waals surface area contributed by atoms with E-state index in [4.69, 9.17) is 5.73 Å². The van der Waals surface area contributed by atoms with Crippen LogP contribution in [0, 0.1) is 6.92 Å². The van der Waals surface area contributed by atoms with Gasteiger partial charge in [-0.2, -0.15) is 5.10 Å². The van der Waals surface area contributed by atoms with Crippen molar-refractivity contribution in [3.8, 4) is 21.7 Å². The number of anilines is 1. The quantitative estimate of drug-likeness (QED) is 0.727. The molecule has 0 aliphatic heterocycles. The molecule has 1 aromatic carbocycles. The smallest absolute Gasteiger partial charge is 0.154 e. The molecule has 0 radical (unpaired) electrons. The molecule has 5 heteroatoms. The highest BCUT2D eigenvalue weighted by Crippen LogP contribution is 2.39. The van der Waals surface area contributed by atoms with E-state index in [0.29, 0.717) is 5.82 Å². The number of aromatic amines is 1. The van der Waals surface area contributed by atoms with Crippen LogP contribution in [0.5, 0.6) is 0 Å². The van der Waals surface area contributed by atoms with Gasteiger partial charge in [0.15, 0.2) is 5.82 Å². The summed E-state index contributed by atoms with van der Waals surface area (Å²) < 4.78 is 1.03. The average molecular weight is 334 g/mol. The van der Waals surface area contributed by atoms with E-state index in [1.165, 1.54) is 5.56 Å². The topological polar surface area (TPSA) is 54.7 Å². The van der Waals surface area contributed by atoms with E-state index < -0.39 is 0 Å². The summed E-state index contributed by atoms with van der Waals surface area (Å²) in [6.45, 7) is 2.07. The van der Waals surface area contributed by atoms with E-state index in [1.54, 1.807) is 11.3 Å². The van der Waals surface area contributed by atoms with Crippen molar-refractivity contribution in [3.63, 3.8) is 0 Å². The number of halogens is 1. The largest absolute Gasteiger partial charge is 0.382 e. The van der Waals surface area contributed by atoms with Gasteiger partial charge >= 0.3 is 0 Å². The third-order valence-electron chi connectivity index (χ3n) is 2.95. The fourth-order valence-corrected chi connectivity index (χ4v) is 3.28. The number of nitrogens with zero attached hydrogens (tertiary/aromatic N) is 1. The summed E-state index contributed by atoms with van der Waals surface area (Å²) in [7, 11) is 0. The number of nitrogens with two attached hydrogens (primary N) is 1. The van der Waals surface area contributed by atoms with Crippen LogP contribution in [0.15, 0.2) is 40.2 Å². The second-order valence-corrected chi connectivity index (χ2v) is 6.12. The van der Waals surface area contributed by atoms with Crippen LogP contribution in [0.4, 0.5) is 5.82 Å². The fraction of sp³-hybridized carbons (Fsp3) is 0.0714. The highest BCUT2D eigenvalue weighted by atomic mass is 79.9. The summed E-state index contributed by atoms with van der Waals surface area (Å²) in [5.74, 6) is 0.533. The zero-order valence-corrected chi connectivity index (χ0v) is 12.7. The van der Waals surface area contributed by atoms with Crippen molar-refractivity contribution in [3.05, 3.63) is 45.7 Å². The lowest BCUT2D eigenvalue weighted by molar-refractivity contribution is 1.10. The Morgan fingerprint density at radius 3 is 2.89 bits per heavy atom. The van der Waals surface area contributed by atoms with Crippen molar-refractivity contribution in [2.24, 2.45) is 0 Å². The molecule has 0 aliphatic carbocycles. The van der Waals surface area contributed by atoms with Crippen molar-refractivity contribution < 1.29 is 0 Å². The number of hydrogen-bond acceptors (Lipinski definition) is 3. The number of nitrogens with one attached hydrogen (secondary N) is 1. The predicted octanol–water partition coefficient (Wildman–Crippen LogP) is 4.46. The van der Waals surface area contributed by atoms with Gasteiger partial charge in [-0.15, -0.1) is 11.3 Å². The Hall–Kier alpha value is -1.59. The van der Waals surface area contributed by atoms with Crippen molar-refractivity contribution in [1.82, 2.24) is 10.2 Å². The molecular weight excluding hydrogens is 322 g/mol. The van der Waals surface area contributed by atoms with E-state index >= 15 is 0 Å². The maximum Gasteiger partial charge on any atom is 0.154 e. The lowest BCUT2D eigenvalue weighted by atomic mass is 10.0. The zero-order valence-electron chi connectivity index (χ0n) is 10.3. The number of rotatable bonds is 2. The summed E-state index contributed by atoms with van der Waals surface area (Å²) >= 11 is 5.25. The molecule has 2 aromatic heterocycles. The number of thiophene rings is 1. The lowest BCUT2D eigenvalue weighted by Crippen LogP contribution is -1.88. The van der Waals surface area contributed by atoms with Gasteiger partial charge in [-0.3, -0.25) is 5.10 Å². The standard InChI is InChI=1S/C14H12BrN3S/c1-8-4-5-10(15)9(7-8)13-12(14(16)18-17-13)11-3-2-6-19-11/h2-7H,1H3,(H3,16,17,18). The molecule has 2 heterocycles. The number of aromatic nitrogens is 2. The van der Waals surface area contributed by atoms with Gasteiger partial charge in [0.05, 0.1) is 11.3 Å². The Morgan fingerprint density at radius 1 is 1.32 bits per heavy atom. The fourth-order valence-electron chi connectivity index (χ4n) is 2.05. The van der Waals surface area contributed by atoms with Gasteiger partial charge in [0.1, 0.15) is 0 Å². The molecule has 0 atom stereocenters. The van der Waals surface area contributed by atoms with Crippen LogP contribution in [-0.2, 0) is 0 Å². The van der Waals surface area contributed by atoms with Crippen LogP contribution < -0.4 is 5.73 Å². The highest BCUT2D eigenvalue weighted by molar-refractivity contribution is 9.10. The molecule has 0 spiro atoms. The van der Waals surface area contributed by atoms with Gasteiger partial charge in [-0.25, -0.2) is 0 Å². The molecule has 0 aliphatic rings. The first-order valence-electron chi connectivity index (χ1n) is 5.81. The summed E-state index contributed by atoms with van der Waals surface area (Å²) in [5.41, 5.74) is 10.2. The monoisotopic (exact) mass is 333 g/mol. The number of hydrogen-bond donors (Lipinski definition) is 2. The Labute approximate surface area is 123 Å². The Kier molecular flexibility index (Phi) is 3.16. The molecule has 0 unspecified atom stereocenters. The van der Waals surface area contributed by atoms with E-state index in [2.05, 4.69) is 51.3 Å². The molecule has 19 heavy (non-hydrogen) atoms. The maximum atomic E-state index is 6.01. The second kappa shape index (κ2) is 4.83. The normalized spacial score (nSPS) is 10.8. The average Bonchev–Trinajstić information content (AvgIpc) is 3.01. The third kappa shape index (κ3) is 2.19. The van der Waals surface area contributed by atoms with Crippen molar-refractivity contribution in [2.75, 3.05) is 5.73 Å². The van der Waals surface area contributed by atoms with Crippen LogP contribution in [0.2, 0.25) is 0 Å². The molecule has 0 amide bonds. The van der Waals surface area contributed by atoms with Gasteiger partial charge in [0.2, 0.25) is 0 Å². The summed E-state index contributed by atoms with van der Waals surface area (Å²) in [5, 5.41) is 9.25. The van der Waals surface area contributed by atoms with E-state index in [0.717, 1.165) is 26.2 Å². The lowest BCUT2D eigenvalue weighted by Gasteiger charge is -2.06. The van der Waals surface area contributed by atoms with Crippen LogP contribution in [0.25, 0.3) is 21.7 Å². The minimum Gasteiger partial charge on any atom is -0.382 e. The van der Waals surface area contributed by atoms with Crippen LogP contribution in [-0.4, -0.2) is 10.2 Å².